The van der Waals surface area contributed by atoms with Crippen LogP contribution in [0, 0.1) is 0 Å². The molecule has 0 aliphatic carbocycles. The second kappa shape index (κ2) is 8.49. The van der Waals surface area contributed by atoms with Crippen molar-refractivity contribution < 1.29 is 4.79 Å². The number of pyridine rings is 2. The molecule has 28 heavy (non-hydrogen) atoms. The smallest absolute Gasteiger partial charge is 0.257 e. The van der Waals surface area contributed by atoms with Gasteiger partial charge in [0.25, 0.3) is 5.91 Å². The first kappa shape index (κ1) is 17.9. The number of rotatable bonds is 6. The number of aromatic nitrogens is 4. The van der Waals surface area contributed by atoms with Crippen molar-refractivity contribution >= 4 is 23.4 Å². The molecule has 0 saturated carbocycles. The van der Waals surface area contributed by atoms with Crippen molar-refractivity contribution in [2.75, 3.05) is 5.32 Å². The zero-order valence-corrected chi connectivity index (χ0v) is 15.7. The van der Waals surface area contributed by atoms with Gasteiger partial charge in [-0.05, 0) is 54.1 Å². The van der Waals surface area contributed by atoms with E-state index in [-0.39, 0.29) is 5.91 Å². The Balaban J connectivity index is 1.35. The first-order chi connectivity index (χ1) is 13.8. The minimum Gasteiger partial charge on any atom is -0.322 e. The van der Waals surface area contributed by atoms with E-state index in [1.54, 1.807) is 53.4 Å². The Morgan fingerprint density at radius 3 is 2.57 bits per heavy atom. The van der Waals surface area contributed by atoms with Gasteiger partial charge in [0.05, 0.1) is 5.56 Å². The average Bonchev–Trinajstić information content (AvgIpc) is 3.29. The Labute approximate surface area is 166 Å². The molecule has 4 rings (SSSR count). The molecular formula is C21H17N5OS. The van der Waals surface area contributed by atoms with E-state index in [2.05, 4.69) is 26.4 Å². The van der Waals surface area contributed by atoms with Crippen LogP contribution >= 0.6 is 11.8 Å². The van der Waals surface area contributed by atoms with Crippen LogP contribution in [0.4, 0.5) is 5.69 Å². The van der Waals surface area contributed by atoms with E-state index in [1.807, 2.05) is 42.6 Å². The van der Waals surface area contributed by atoms with Gasteiger partial charge in [0.1, 0.15) is 0 Å². The molecule has 0 unspecified atom stereocenters. The summed E-state index contributed by atoms with van der Waals surface area (Å²) < 4.78 is 1.64. The minimum atomic E-state index is -0.199. The topological polar surface area (TPSA) is 72.7 Å². The van der Waals surface area contributed by atoms with Crippen molar-refractivity contribution in [3.8, 4) is 5.82 Å². The van der Waals surface area contributed by atoms with E-state index in [0.717, 1.165) is 16.3 Å². The molecule has 0 atom stereocenters. The van der Waals surface area contributed by atoms with E-state index in [1.165, 1.54) is 5.56 Å². The van der Waals surface area contributed by atoms with Crippen LogP contribution in [0.3, 0.4) is 0 Å². The molecule has 6 nitrogen and oxygen atoms in total. The highest BCUT2D eigenvalue weighted by Crippen LogP contribution is 2.24. The van der Waals surface area contributed by atoms with Crippen LogP contribution in [0.15, 0.2) is 90.5 Å². The molecule has 7 heteroatoms. The first-order valence-corrected chi connectivity index (χ1v) is 9.66. The largest absolute Gasteiger partial charge is 0.322 e. The highest BCUT2D eigenvalue weighted by molar-refractivity contribution is 7.98. The number of thioether (sulfide) groups is 1. The normalized spacial score (nSPS) is 10.6. The number of nitrogens with zero attached hydrogens (tertiary/aromatic N) is 4. The molecule has 138 valence electrons. The van der Waals surface area contributed by atoms with Crippen molar-refractivity contribution in [1.29, 1.82) is 0 Å². The summed E-state index contributed by atoms with van der Waals surface area (Å²) in [4.78, 5) is 22.0. The van der Waals surface area contributed by atoms with Gasteiger partial charge in [0.15, 0.2) is 5.82 Å². The third-order valence-electron chi connectivity index (χ3n) is 3.99. The Hall–Kier alpha value is -3.45. The summed E-state index contributed by atoms with van der Waals surface area (Å²) in [6.07, 6.45) is 8.67. The average molecular weight is 387 g/mol. The molecule has 3 aromatic heterocycles. The van der Waals surface area contributed by atoms with Crippen LogP contribution < -0.4 is 5.32 Å². The van der Waals surface area contributed by atoms with Crippen LogP contribution in [0.2, 0.25) is 0 Å². The lowest BCUT2D eigenvalue weighted by atomic mass is 10.2. The maximum absolute atomic E-state index is 12.4. The number of hydrogen-bond donors (Lipinski definition) is 1. The van der Waals surface area contributed by atoms with Crippen molar-refractivity contribution in [3.63, 3.8) is 0 Å². The predicted molar refractivity (Wildman–Crippen MR) is 110 cm³/mol. The number of benzene rings is 1. The fourth-order valence-electron chi connectivity index (χ4n) is 2.55. The number of hydrogen-bond acceptors (Lipinski definition) is 5. The molecule has 0 fully saturated rings. The molecule has 1 amide bonds. The summed E-state index contributed by atoms with van der Waals surface area (Å²) in [5.41, 5.74) is 2.41. The molecule has 0 spiro atoms. The van der Waals surface area contributed by atoms with E-state index >= 15 is 0 Å². The van der Waals surface area contributed by atoms with E-state index < -0.39 is 0 Å². The summed E-state index contributed by atoms with van der Waals surface area (Å²) in [7, 11) is 0. The quantitative estimate of drug-likeness (QED) is 0.502. The van der Waals surface area contributed by atoms with Crippen LogP contribution in [-0.4, -0.2) is 25.7 Å². The molecule has 0 bridgehead atoms. The van der Waals surface area contributed by atoms with Gasteiger partial charge in [0.2, 0.25) is 0 Å². The zero-order valence-electron chi connectivity index (χ0n) is 14.9. The highest BCUT2D eigenvalue weighted by Gasteiger charge is 2.08. The van der Waals surface area contributed by atoms with Gasteiger partial charge in [-0.15, -0.1) is 11.8 Å². The number of carbonyl (C=O) groups excluding carboxylic acids is 1. The maximum atomic E-state index is 12.4. The van der Waals surface area contributed by atoms with Crippen molar-refractivity contribution in [2.24, 2.45) is 0 Å². The lowest BCUT2D eigenvalue weighted by Gasteiger charge is -2.07. The molecule has 1 aromatic carbocycles. The second-order valence-electron chi connectivity index (χ2n) is 5.98. The monoisotopic (exact) mass is 387 g/mol. The first-order valence-electron chi connectivity index (χ1n) is 8.67. The SMILES string of the molecule is O=C(Nc1ccc(SCc2cccnc2)cc1)c1ccc(-n2cccn2)nc1. The van der Waals surface area contributed by atoms with Gasteiger partial charge in [-0.2, -0.15) is 5.10 Å². The molecular weight excluding hydrogens is 370 g/mol. The van der Waals surface area contributed by atoms with E-state index in [0.29, 0.717) is 11.4 Å². The third-order valence-corrected chi connectivity index (χ3v) is 5.07. The van der Waals surface area contributed by atoms with Crippen molar-refractivity contribution in [3.05, 3.63) is 96.7 Å². The molecule has 0 saturated heterocycles. The van der Waals surface area contributed by atoms with Crippen LogP contribution in [0.25, 0.3) is 5.82 Å². The fraction of sp³-hybridized carbons (Fsp3) is 0.0476. The van der Waals surface area contributed by atoms with Crippen LogP contribution in [0.5, 0.6) is 0 Å². The van der Waals surface area contributed by atoms with Gasteiger partial charge in [0, 0.05) is 47.3 Å². The third kappa shape index (κ3) is 4.44. The molecule has 0 aliphatic heterocycles. The van der Waals surface area contributed by atoms with Crippen molar-refractivity contribution in [2.45, 2.75) is 10.6 Å². The van der Waals surface area contributed by atoms with Gasteiger partial charge in [-0.1, -0.05) is 6.07 Å². The van der Waals surface area contributed by atoms with Crippen LogP contribution in [-0.2, 0) is 5.75 Å². The Bertz CT molecular complexity index is 1030. The number of carbonyl (C=O) groups is 1. The molecule has 0 radical (unpaired) electrons. The standard InChI is InChI=1S/C21H17N5OS/c27-21(17-4-9-20(23-14-17)26-12-2-11-24-26)25-18-5-7-19(8-6-18)28-15-16-3-1-10-22-13-16/h1-14H,15H2,(H,25,27). The summed E-state index contributed by atoms with van der Waals surface area (Å²) >= 11 is 1.73. The number of nitrogens with one attached hydrogen (secondary N) is 1. The van der Waals surface area contributed by atoms with Gasteiger partial charge in [-0.3, -0.25) is 9.78 Å². The fourth-order valence-corrected chi connectivity index (χ4v) is 3.38. The number of anilines is 1. The van der Waals surface area contributed by atoms with E-state index in [4.69, 9.17) is 0 Å². The molecule has 1 N–H and O–H groups in total. The van der Waals surface area contributed by atoms with Crippen molar-refractivity contribution in [1.82, 2.24) is 19.7 Å². The molecule has 4 aromatic rings. The molecule has 0 aliphatic rings. The van der Waals surface area contributed by atoms with Gasteiger partial charge < -0.3 is 5.32 Å². The Kier molecular flexibility index (Phi) is 5.44. The lowest BCUT2D eigenvalue weighted by Crippen LogP contribution is -2.12. The lowest BCUT2D eigenvalue weighted by molar-refractivity contribution is 0.102. The predicted octanol–water partition coefficient (Wildman–Crippen LogP) is 4.21. The Morgan fingerprint density at radius 1 is 1.00 bits per heavy atom. The van der Waals surface area contributed by atoms with Gasteiger partial charge in [-0.25, -0.2) is 9.67 Å². The van der Waals surface area contributed by atoms with E-state index in [9.17, 15) is 4.79 Å². The summed E-state index contributed by atoms with van der Waals surface area (Å²) in [5.74, 6) is 1.32. The maximum Gasteiger partial charge on any atom is 0.257 e. The minimum absolute atomic E-state index is 0.199. The summed E-state index contributed by atoms with van der Waals surface area (Å²) in [6, 6.07) is 17.1. The summed E-state index contributed by atoms with van der Waals surface area (Å²) in [6.45, 7) is 0. The second-order valence-corrected chi connectivity index (χ2v) is 7.03. The zero-order chi connectivity index (χ0) is 19.2. The number of amides is 1. The highest BCUT2D eigenvalue weighted by atomic mass is 32.2. The Morgan fingerprint density at radius 2 is 1.89 bits per heavy atom. The summed E-state index contributed by atoms with van der Waals surface area (Å²) in [5, 5.41) is 7.01. The van der Waals surface area contributed by atoms with Gasteiger partial charge >= 0.3 is 0 Å². The molecule has 3 heterocycles. The van der Waals surface area contributed by atoms with Crippen LogP contribution in [0.1, 0.15) is 15.9 Å².